The fraction of sp³-hybridized carbons (Fsp3) is 0.222. The first-order valence-electron chi connectivity index (χ1n) is 11.9. The molecule has 1 amide bonds. The average Bonchev–Trinajstić information content (AvgIpc) is 3.34. The van der Waals surface area contributed by atoms with E-state index in [9.17, 15) is 4.79 Å². The van der Waals surface area contributed by atoms with Crippen molar-refractivity contribution in [1.29, 1.82) is 0 Å². The molecule has 1 saturated heterocycles. The van der Waals surface area contributed by atoms with Crippen molar-refractivity contribution in [3.63, 3.8) is 0 Å². The molecule has 2 aromatic heterocycles. The number of anilines is 4. The molecule has 3 heterocycles. The van der Waals surface area contributed by atoms with Gasteiger partial charge in [-0.25, -0.2) is 9.97 Å². The van der Waals surface area contributed by atoms with Crippen LogP contribution in [-0.2, 0) is 4.79 Å². The Morgan fingerprint density at radius 2 is 1.97 bits per heavy atom. The lowest BCUT2D eigenvalue weighted by Gasteiger charge is -2.35. The van der Waals surface area contributed by atoms with Crippen molar-refractivity contribution in [3.8, 4) is 17.0 Å². The molecule has 10 heteroatoms. The van der Waals surface area contributed by atoms with E-state index in [1.165, 1.54) is 6.08 Å². The van der Waals surface area contributed by atoms with Gasteiger partial charge >= 0.3 is 0 Å². The van der Waals surface area contributed by atoms with E-state index in [0.717, 1.165) is 48.3 Å². The van der Waals surface area contributed by atoms with E-state index in [1.54, 1.807) is 13.3 Å². The third-order valence-electron chi connectivity index (χ3n) is 6.44. The Bertz CT molecular complexity index is 1460. The molecule has 1 aliphatic heterocycles. The number of fused-ring (bicyclic) bond motifs is 1. The van der Waals surface area contributed by atoms with Gasteiger partial charge in [-0.2, -0.15) is 0 Å². The number of halogens is 1. The largest absolute Gasteiger partial charge is 0.494 e. The molecular weight excluding hydrogens is 490 g/mol. The molecule has 190 valence electrons. The molecule has 2 aromatic carbocycles. The molecule has 0 saturated carbocycles. The number of nitrogens with zero attached hydrogens (tertiary/aromatic N) is 4. The zero-order valence-corrected chi connectivity index (χ0v) is 21.5. The maximum Gasteiger partial charge on any atom is 0.247 e. The summed E-state index contributed by atoms with van der Waals surface area (Å²) in [4.78, 5) is 29.1. The molecule has 0 bridgehead atoms. The fourth-order valence-electron chi connectivity index (χ4n) is 4.43. The number of likely N-dealkylation sites (N-methyl/N-ethyl adjacent to an activating group) is 1. The van der Waals surface area contributed by atoms with Gasteiger partial charge in [0.2, 0.25) is 11.9 Å². The third-order valence-corrected chi connectivity index (χ3v) is 6.72. The van der Waals surface area contributed by atoms with E-state index in [0.29, 0.717) is 33.8 Å². The molecule has 0 radical (unpaired) electrons. The maximum absolute atomic E-state index is 12.3. The van der Waals surface area contributed by atoms with Crippen LogP contribution < -0.4 is 20.3 Å². The second kappa shape index (κ2) is 10.5. The molecule has 37 heavy (non-hydrogen) atoms. The third kappa shape index (κ3) is 5.09. The van der Waals surface area contributed by atoms with Crippen molar-refractivity contribution in [3.05, 3.63) is 66.5 Å². The number of H-pyrrole nitrogens is 1. The average molecular weight is 518 g/mol. The lowest BCUT2D eigenvalue weighted by Crippen LogP contribution is -2.44. The normalized spacial score (nSPS) is 14.0. The van der Waals surface area contributed by atoms with Gasteiger partial charge in [0.15, 0.2) is 0 Å². The summed E-state index contributed by atoms with van der Waals surface area (Å²) in [5, 5.41) is 7.63. The quantitative estimate of drug-likeness (QED) is 0.300. The Balaban J connectivity index is 1.52. The summed E-state index contributed by atoms with van der Waals surface area (Å²) in [7, 11) is 3.71. The molecular formula is C27H28ClN7O2. The van der Waals surface area contributed by atoms with Crippen LogP contribution in [0.1, 0.15) is 0 Å². The number of aromatic nitrogens is 3. The van der Waals surface area contributed by atoms with Crippen LogP contribution in [0.2, 0.25) is 5.02 Å². The molecule has 1 fully saturated rings. The number of ether oxygens (including phenoxy) is 1. The monoisotopic (exact) mass is 517 g/mol. The summed E-state index contributed by atoms with van der Waals surface area (Å²) in [6, 6.07) is 11.7. The first-order chi connectivity index (χ1) is 18.0. The van der Waals surface area contributed by atoms with Crippen LogP contribution in [0.15, 0.2) is 61.4 Å². The van der Waals surface area contributed by atoms with Crippen molar-refractivity contribution in [1.82, 2.24) is 19.9 Å². The highest BCUT2D eigenvalue weighted by Gasteiger charge is 2.21. The minimum atomic E-state index is -0.296. The Morgan fingerprint density at radius 3 is 2.73 bits per heavy atom. The van der Waals surface area contributed by atoms with Gasteiger partial charge < -0.3 is 30.2 Å². The predicted molar refractivity (Wildman–Crippen MR) is 149 cm³/mol. The Kier molecular flexibility index (Phi) is 6.98. The van der Waals surface area contributed by atoms with Crippen molar-refractivity contribution >= 4 is 51.4 Å². The van der Waals surface area contributed by atoms with E-state index in [-0.39, 0.29) is 5.91 Å². The molecule has 0 aliphatic carbocycles. The number of rotatable bonds is 7. The predicted octanol–water partition coefficient (Wildman–Crippen LogP) is 4.91. The minimum Gasteiger partial charge on any atom is -0.494 e. The van der Waals surface area contributed by atoms with Crippen LogP contribution in [0.25, 0.3) is 22.2 Å². The summed E-state index contributed by atoms with van der Waals surface area (Å²) in [5.74, 6) is 0.643. The van der Waals surface area contributed by atoms with E-state index >= 15 is 0 Å². The minimum absolute atomic E-state index is 0.296. The number of amides is 1. The standard InChI is InChI=1S/C27H28ClN7O2/c1-4-25(36)31-21-13-22(24(37-3)14-23(21)35-11-9-34(2)10-12-35)32-27-30-16-19(28)26(33-27)18-15-29-20-8-6-5-7-17(18)20/h4-8,13-16,29H,1,9-12H2,2-3H3,(H,31,36)(H,30,32,33). The van der Waals surface area contributed by atoms with Crippen molar-refractivity contribution in [2.45, 2.75) is 0 Å². The van der Waals surface area contributed by atoms with Gasteiger partial charge in [-0.3, -0.25) is 4.79 Å². The zero-order valence-electron chi connectivity index (χ0n) is 20.7. The first kappa shape index (κ1) is 24.6. The van der Waals surface area contributed by atoms with E-state index in [2.05, 4.69) is 44.0 Å². The highest BCUT2D eigenvalue weighted by atomic mass is 35.5. The first-order valence-corrected chi connectivity index (χ1v) is 12.3. The molecule has 1 aliphatic rings. The lowest BCUT2D eigenvalue weighted by atomic mass is 10.1. The molecule has 4 aromatic rings. The molecule has 3 N–H and O–H groups in total. The molecule has 0 atom stereocenters. The number of piperazine rings is 1. The smallest absolute Gasteiger partial charge is 0.247 e. The second-order valence-electron chi connectivity index (χ2n) is 8.82. The van der Waals surface area contributed by atoms with Gasteiger partial charge in [-0.15, -0.1) is 0 Å². The summed E-state index contributed by atoms with van der Waals surface area (Å²) in [6.07, 6.45) is 4.71. The van der Waals surface area contributed by atoms with Crippen LogP contribution in [0, 0.1) is 0 Å². The number of para-hydroxylation sites is 1. The van der Waals surface area contributed by atoms with Crippen molar-refractivity contribution in [2.24, 2.45) is 0 Å². The van der Waals surface area contributed by atoms with E-state index < -0.39 is 0 Å². The van der Waals surface area contributed by atoms with Crippen LogP contribution in [0.5, 0.6) is 5.75 Å². The highest BCUT2D eigenvalue weighted by Crippen LogP contribution is 2.39. The molecule has 0 spiro atoms. The molecule has 0 unspecified atom stereocenters. The van der Waals surface area contributed by atoms with Crippen LogP contribution in [-0.4, -0.2) is 66.1 Å². The van der Waals surface area contributed by atoms with Crippen molar-refractivity contribution < 1.29 is 9.53 Å². The number of methoxy groups -OCH3 is 1. The van der Waals surface area contributed by atoms with Gasteiger partial charge in [0.1, 0.15) is 5.75 Å². The van der Waals surface area contributed by atoms with Crippen molar-refractivity contribution in [2.75, 3.05) is 55.9 Å². The maximum atomic E-state index is 12.3. The Morgan fingerprint density at radius 1 is 1.19 bits per heavy atom. The second-order valence-corrected chi connectivity index (χ2v) is 9.22. The highest BCUT2D eigenvalue weighted by molar-refractivity contribution is 6.33. The summed E-state index contributed by atoms with van der Waals surface area (Å²) in [6.45, 7) is 7.10. The van der Waals surface area contributed by atoms with Gasteiger partial charge in [0.05, 0.1) is 41.1 Å². The number of hydrogen-bond donors (Lipinski definition) is 3. The van der Waals surface area contributed by atoms with Gasteiger partial charge in [0.25, 0.3) is 0 Å². The van der Waals surface area contributed by atoms with Crippen LogP contribution in [0.3, 0.4) is 0 Å². The number of hydrogen-bond acceptors (Lipinski definition) is 7. The number of carbonyl (C=O) groups is 1. The van der Waals surface area contributed by atoms with E-state index in [1.807, 2.05) is 42.6 Å². The van der Waals surface area contributed by atoms with Crippen LogP contribution >= 0.6 is 11.6 Å². The number of benzene rings is 2. The number of nitrogens with one attached hydrogen (secondary N) is 3. The lowest BCUT2D eigenvalue weighted by molar-refractivity contribution is -0.111. The van der Waals surface area contributed by atoms with Crippen LogP contribution in [0.4, 0.5) is 23.0 Å². The SMILES string of the molecule is C=CC(=O)Nc1cc(Nc2ncc(Cl)c(-c3c[nH]c4ccccc34)n2)c(OC)cc1N1CCN(C)CC1. The number of aromatic amines is 1. The summed E-state index contributed by atoms with van der Waals surface area (Å²) >= 11 is 6.51. The van der Waals surface area contributed by atoms with E-state index in [4.69, 9.17) is 21.3 Å². The fourth-order valence-corrected chi connectivity index (χ4v) is 4.63. The summed E-state index contributed by atoms with van der Waals surface area (Å²) < 4.78 is 5.72. The van der Waals surface area contributed by atoms with Gasteiger partial charge in [0, 0.05) is 54.9 Å². The van der Waals surface area contributed by atoms with Gasteiger partial charge in [-0.05, 0) is 25.3 Å². The topological polar surface area (TPSA) is 98.4 Å². The summed E-state index contributed by atoms with van der Waals surface area (Å²) in [5.41, 5.74) is 4.59. The van der Waals surface area contributed by atoms with Gasteiger partial charge in [-0.1, -0.05) is 36.4 Å². The molecule has 5 rings (SSSR count). The molecule has 9 nitrogen and oxygen atoms in total. The number of carbonyl (C=O) groups excluding carboxylic acids is 1. The Hall–Kier alpha value is -4.08. The Labute approximate surface area is 220 Å². The zero-order chi connectivity index (χ0) is 25.9.